The number of rotatable bonds is 7. The van der Waals surface area contributed by atoms with Gasteiger partial charge in [-0.3, -0.25) is 19.7 Å². The number of hydrogen-bond donors (Lipinski definition) is 2. The first-order valence-corrected chi connectivity index (χ1v) is 10.7. The Labute approximate surface area is 185 Å². The summed E-state index contributed by atoms with van der Waals surface area (Å²) in [5.41, 5.74) is 3.01. The van der Waals surface area contributed by atoms with Crippen LogP contribution in [0, 0.1) is 0 Å². The van der Waals surface area contributed by atoms with Crippen LogP contribution in [-0.4, -0.2) is 81.4 Å². The number of nitrogens with one attached hydrogen (secondary N) is 1. The Balaban J connectivity index is 1.16. The Morgan fingerprint density at radius 2 is 2.09 bits per heavy atom. The molecule has 0 aliphatic carbocycles. The number of aliphatic hydroxyl groups is 1. The van der Waals surface area contributed by atoms with Crippen LogP contribution in [0.4, 0.5) is 0 Å². The molecule has 9 nitrogen and oxygen atoms in total. The van der Waals surface area contributed by atoms with E-state index >= 15 is 0 Å². The smallest absolute Gasteiger partial charge is 0.219 e. The third-order valence-corrected chi connectivity index (χ3v) is 5.91. The molecule has 1 saturated heterocycles. The zero-order valence-electron chi connectivity index (χ0n) is 17.6. The first-order valence-electron chi connectivity index (χ1n) is 10.7. The second-order valence-corrected chi connectivity index (χ2v) is 8.06. The topological polar surface area (TPSA) is 104 Å². The van der Waals surface area contributed by atoms with E-state index in [4.69, 9.17) is 9.47 Å². The molecule has 1 fully saturated rings. The molecule has 2 aromatic heterocycles. The van der Waals surface area contributed by atoms with E-state index in [0.29, 0.717) is 31.0 Å². The molecule has 4 heterocycles. The van der Waals surface area contributed by atoms with E-state index in [2.05, 4.69) is 20.1 Å². The second kappa shape index (κ2) is 9.07. The summed E-state index contributed by atoms with van der Waals surface area (Å²) in [6.45, 7) is 3.76. The number of H-pyrrole nitrogens is 1. The van der Waals surface area contributed by atoms with Crippen molar-refractivity contribution < 1.29 is 19.4 Å². The van der Waals surface area contributed by atoms with Crippen LogP contribution in [0.1, 0.15) is 5.56 Å². The third kappa shape index (κ3) is 4.50. The number of benzene rings is 1. The maximum absolute atomic E-state index is 10.8. The van der Waals surface area contributed by atoms with Crippen molar-refractivity contribution in [2.75, 3.05) is 32.7 Å². The molecule has 0 amide bonds. The summed E-state index contributed by atoms with van der Waals surface area (Å²) >= 11 is 0. The highest BCUT2D eigenvalue weighted by Gasteiger charge is 2.28. The second-order valence-electron chi connectivity index (χ2n) is 8.06. The molecule has 3 aromatic rings. The molecular weight excluding hydrogens is 410 g/mol. The van der Waals surface area contributed by atoms with Gasteiger partial charge in [-0.25, -0.2) is 4.98 Å². The first kappa shape index (κ1) is 20.6. The number of nitrogens with zero attached hydrogens (tertiary/aromatic N) is 4. The SMILES string of the molecule is O=CC(O)N1CCN(CC2Cc3ccc(Oc4ccc(-c5ccn[nH]5)cn4)cc3O2)CC1. The molecule has 2 aliphatic heterocycles. The van der Waals surface area contributed by atoms with E-state index in [-0.39, 0.29) is 6.10 Å². The molecule has 0 saturated carbocycles. The van der Waals surface area contributed by atoms with Gasteiger partial charge in [0.2, 0.25) is 5.88 Å². The fourth-order valence-electron chi connectivity index (χ4n) is 4.17. The van der Waals surface area contributed by atoms with E-state index in [1.807, 2.05) is 36.4 Å². The summed E-state index contributed by atoms with van der Waals surface area (Å²) in [6, 6.07) is 11.5. The van der Waals surface area contributed by atoms with Crippen molar-refractivity contribution in [3.05, 3.63) is 54.4 Å². The normalized spacial score (nSPS) is 19.8. The van der Waals surface area contributed by atoms with Gasteiger partial charge in [0, 0.05) is 69.2 Å². The molecule has 166 valence electrons. The average Bonchev–Trinajstić information content (AvgIpc) is 3.49. The van der Waals surface area contributed by atoms with Crippen LogP contribution < -0.4 is 9.47 Å². The Morgan fingerprint density at radius 3 is 2.81 bits per heavy atom. The van der Waals surface area contributed by atoms with E-state index in [1.54, 1.807) is 17.3 Å². The van der Waals surface area contributed by atoms with Crippen molar-refractivity contribution in [3.8, 4) is 28.6 Å². The Bertz CT molecular complexity index is 1050. The number of piperazine rings is 1. The summed E-state index contributed by atoms with van der Waals surface area (Å²) in [5, 5.41) is 16.5. The molecule has 2 atom stereocenters. The van der Waals surface area contributed by atoms with Crippen LogP contribution in [0.3, 0.4) is 0 Å². The summed E-state index contributed by atoms with van der Waals surface area (Å²) < 4.78 is 12.1. The number of hydrogen-bond acceptors (Lipinski definition) is 8. The van der Waals surface area contributed by atoms with Gasteiger partial charge in [-0.05, 0) is 23.8 Å². The molecule has 32 heavy (non-hydrogen) atoms. The van der Waals surface area contributed by atoms with Crippen LogP contribution >= 0.6 is 0 Å². The largest absolute Gasteiger partial charge is 0.488 e. The van der Waals surface area contributed by atoms with Gasteiger partial charge in [0.1, 0.15) is 17.6 Å². The monoisotopic (exact) mass is 435 g/mol. The zero-order valence-corrected chi connectivity index (χ0v) is 17.6. The quantitative estimate of drug-likeness (QED) is 0.541. The minimum Gasteiger partial charge on any atom is -0.488 e. The third-order valence-electron chi connectivity index (χ3n) is 5.91. The fraction of sp³-hybridized carbons (Fsp3) is 0.348. The highest BCUT2D eigenvalue weighted by atomic mass is 16.5. The van der Waals surface area contributed by atoms with Crippen molar-refractivity contribution in [1.82, 2.24) is 25.0 Å². The van der Waals surface area contributed by atoms with Gasteiger partial charge in [-0.2, -0.15) is 5.10 Å². The molecule has 2 unspecified atom stereocenters. The Morgan fingerprint density at radius 1 is 1.22 bits per heavy atom. The van der Waals surface area contributed by atoms with Crippen molar-refractivity contribution in [2.45, 2.75) is 18.8 Å². The van der Waals surface area contributed by atoms with Gasteiger partial charge in [-0.15, -0.1) is 0 Å². The number of aromatic amines is 1. The Hall–Kier alpha value is -3.27. The molecule has 0 bridgehead atoms. The van der Waals surface area contributed by atoms with Gasteiger partial charge in [0.25, 0.3) is 0 Å². The molecule has 1 aromatic carbocycles. The predicted octanol–water partition coefficient (Wildman–Crippen LogP) is 1.70. The molecule has 5 rings (SSSR count). The molecule has 2 aliphatic rings. The van der Waals surface area contributed by atoms with Crippen molar-refractivity contribution in [3.63, 3.8) is 0 Å². The minimum atomic E-state index is -1.00. The van der Waals surface area contributed by atoms with Crippen LogP contribution in [0.2, 0.25) is 0 Å². The molecule has 9 heteroatoms. The summed E-state index contributed by atoms with van der Waals surface area (Å²) in [4.78, 5) is 19.2. The lowest BCUT2D eigenvalue weighted by molar-refractivity contribution is -0.126. The summed E-state index contributed by atoms with van der Waals surface area (Å²) in [5.74, 6) is 2.04. The van der Waals surface area contributed by atoms with Crippen molar-refractivity contribution in [1.29, 1.82) is 0 Å². The summed E-state index contributed by atoms with van der Waals surface area (Å²) in [7, 11) is 0. The number of carbonyl (C=O) groups is 1. The van der Waals surface area contributed by atoms with Gasteiger partial charge in [-0.1, -0.05) is 6.07 Å². The number of aldehydes is 1. The lowest BCUT2D eigenvalue weighted by Crippen LogP contribution is -2.52. The predicted molar refractivity (Wildman–Crippen MR) is 117 cm³/mol. The zero-order chi connectivity index (χ0) is 21.9. The number of ether oxygens (including phenoxy) is 2. The molecule has 0 radical (unpaired) electrons. The maximum Gasteiger partial charge on any atom is 0.219 e. The van der Waals surface area contributed by atoms with Crippen molar-refractivity contribution >= 4 is 6.29 Å². The standard InChI is InChI=1S/C23H25N5O4/c29-15-23(30)28-9-7-27(8-10-28)14-19-11-16-1-3-18(12-21(16)31-19)32-22-4-2-17(13-24-22)20-5-6-25-26-20/h1-6,12-13,15,19,23,30H,7-11,14H2,(H,25,26). The minimum absolute atomic E-state index is 0.0783. The number of aliphatic hydroxyl groups excluding tert-OH is 1. The van der Waals surface area contributed by atoms with Crippen molar-refractivity contribution in [2.24, 2.45) is 0 Å². The highest BCUT2D eigenvalue weighted by molar-refractivity contribution is 5.57. The van der Waals surface area contributed by atoms with Crippen LogP contribution in [-0.2, 0) is 11.2 Å². The van der Waals surface area contributed by atoms with E-state index in [1.165, 1.54) is 5.56 Å². The maximum atomic E-state index is 10.8. The highest BCUT2D eigenvalue weighted by Crippen LogP contribution is 2.34. The lowest BCUT2D eigenvalue weighted by atomic mass is 10.1. The number of aromatic nitrogens is 3. The number of pyridine rings is 1. The summed E-state index contributed by atoms with van der Waals surface area (Å²) in [6.07, 6.45) is 3.96. The molecule has 2 N–H and O–H groups in total. The van der Waals surface area contributed by atoms with Crippen LogP contribution in [0.25, 0.3) is 11.3 Å². The Kier molecular flexibility index (Phi) is 5.85. The average molecular weight is 435 g/mol. The van der Waals surface area contributed by atoms with E-state index in [0.717, 1.165) is 43.1 Å². The van der Waals surface area contributed by atoms with Gasteiger partial charge >= 0.3 is 0 Å². The first-order chi connectivity index (χ1) is 15.7. The van der Waals surface area contributed by atoms with E-state index in [9.17, 15) is 9.90 Å². The number of carbonyl (C=O) groups excluding carboxylic acids is 1. The van der Waals surface area contributed by atoms with Gasteiger partial charge in [0.15, 0.2) is 12.5 Å². The number of fused-ring (bicyclic) bond motifs is 1. The lowest BCUT2D eigenvalue weighted by Gasteiger charge is -2.36. The van der Waals surface area contributed by atoms with E-state index < -0.39 is 6.23 Å². The van der Waals surface area contributed by atoms with Gasteiger partial charge in [0.05, 0.1) is 5.69 Å². The van der Waals surface area contributed by atoms with Gasteiger partial charge < -0.3 is 14.6 Å². The fourth-order valence-corrected chi connectivity index (χ4v) is 4.17. The van der Waals surface area contributed by atoms with Crippen LogP contribution in [0.5, 0.6) is 17.4 Å². The molecular formula is C23H25N5O4. The van der Waals surface area contributed by atoms with Crippen LogP contribution in [0.15, 0.2) is 48.8 Å². The molecule has 0 spiro atoms.